The molecule has 9 heteroatoms. The Morgan fingerprint density at radius 3 is 1.74 bits per heavy atom. The zero-order valence-corrected chi connectivity index (χ0v) is 11.7. The Bertz CT molecular complexity index is 641. The number of hydrogen-bond acceptors (Lipinski definition) is 5. The molecule has 1 saturated carbocycles. The molecule has 1 saturated heterocycles. The van der Waals surface area contributed by atoms with Crippen LogP contribution in [-0.2, 0) is 19.1 Å². The van der Waals surface area contributed by atoms with Gasteiger partial charge in [0.2, 0.25) is 11.9 Å². The predicted molar refractivity (Wildman–Crippen MR) is 66.6 cm³/mol. The van der Waals surface area contributed by atoms with Crippen LogP contribution in [0.1, 0.15) is 32.1 Å². The highest BCUT2D eigenvalue weighted by molar-refractivity contribution is 6.17. The van der Waals surface area contributed by atoms with Gasteiger partial charge < -0.3 is 14.8 Å². The van der Waals surface area contributed by atoms with Gasteiger partial charge in [-0.1, -0.05) is 6.42 Å². The summed E-state index contributed by atoms with van der Waals surface area (Å²) in [5.74, 6) is -11.7. The number of ether oxygens (including phenoxy) is 2. The molecule has 0 amide bonds. The van der Waals surface area contributed by atoms with Crippen LogP contribution in [0.15, 0.2) is 34.7 Å². The van der Waals surface area contributed by atoms with Crippen molar-refractivity contribution in [1.82, 2.24) is 5.32 Å². The van der Waals surface area contributed by atoms with E-state index in [9.17, 15) is 27.2 Å². The number of esters is 2. The van der Waals surface area contributed by atoms with E-state index in [1.54, 1.807) is 0 Å². The first kappa shape index (κ1) is 15.6. The molecule has 3 rings (SSSR count). The van der Waals surface area contributed by atoms with Crippen LogP contribution in [0.4, 0.5) is 17.6 Å². The minimum atomic E-state index is -1.91. The van der Waals surface area contributed by atoms with Gasteiger partial charge in [-0.2, -0.15) is 8.78 Å². The zero-order valence-electron chi connectivity index (χ0n) is 11.7. The van der Waals surface area contributed by atoms with Gasteiger partial charge in [-0.15, -0.1) is 0 Å². The van der Waals surface area contributed by atoms with Crippen LogP contribution in [0.2, 0.25) is 0 Å². The average molecular weight is 333 g/mol. The number of rotatable bonds is 0. The molecule has 3 aliphatic rings. The number of carbonyl (C=O) groups excluding carboxylic acids is 2. The molecule has 0 aromatic rings. The van der Waals surface area contributed by atoms with Gasteiger partial charge in [-0.25, -0.2) is 18.4 Å². The van der Waals surface area contributed by atoms with E-state index in [0.717, 1.165) is 6.42 Å². The summed E-state index contributed by atoms with van der Waals surface area (Å²) in [5, 5.41) is 1.17. The highest BCUT2D eigenvalue weighted by Gasteiger charge is 2.49. The maximum absolute atomic E-state index is 13.8. The Morgan fingerprint density at radius 1 is 0.783 bits per heavy atom. The molecule has 1 N–H and O–H groups in total. The third-order valence-electron chi connectivity index (χ3n) is 3.87. The number of halogens is 4. The van der Waals surface area contributed by atoms with E-state index >= 15 is 0 Å². The first-order valence-electron chi connectivity index (χ1n) is 6.94. The number of hydrogen-bond donors (Lipinski definition) is 1. The van der Waals surface area contributed by atoms with Crippen LogP contribution in [-0.4, -0.2) is 17.7 Å². The number of dihydropyridines is 1. The van der Waals surface area contributed by atoms with Crippen molar-refractivity contribution in [2.75, 3.05) is 0 Å². The molecule has 0 aromatic heterocycles. The number of nitrogens with one attached hydrogen (secondary N) is 1. The molecule has 0 aromatic carbocycles. The normalized spacial score (nSPS) is 24.7. The lowest BCUT2D eigenvalue weighted by molar-refractivity contribution is -0.244. The van der Waals surface area contributed by atoms with E-state index in [2.05, 4.69) is 0 Å². The van der Waals surface area contributed by atoms with E-state index in [1.807, 2.05) is 0 Å². The Balaban J connectivity index is 2.05. The fraction of sp³-hybridized carbons (Fsp3) is 0.429. The van der Waals surface area contributed by atoms with Gasteiger partial charge in [-0.3, -0.25) is 0 Å². The molecule has 2 heterocycles. The minimum Gasteiger partial charge on any atom is -0.419 e. The second kappa shape index (κ2) is 5.39. The predicted octanol–water partition coefficient (Wildman–Crippen LogP) is 2.86. The topological polar surface area (TPSA) is 64.6 Å². The van der Waals surface area contributed by atoms with Gasteiger partial charge in [0, 0.05) is 12.8 Å². The molecule has 0 atom stereocenters. The first-order valence-corrected chi connectivity index (χ1v) is 6.94. The number of allylic oxidation sites excluding steroid dienone is 3. The van der Waals surface area contributed by atoms with Crippen molar-refractivity contribution < 1.29 is 36.6 Å². The third kappa shape index (κ3) is 2.49. The summed E-state index contributed by atoms with van der Waals surface area (Å²) >= 11 is 0. The SMILES string of the molecule is O=C1OC2(CCCCC2)OC(=O)C1=C1C(F)=C(F)NC(F)=C1F. The lowest BCUT2D eigenvalue weighted by Crippen LogP contribution is -2.48. The van der Waals surface area contributed by atoms with Gasteiger partial charge in [0.05, 0.1) is 5.57 Å². The van der Waals surface area contributed by atoms with Gasteiger partial charge in [0.1, 0.15) is 0 Å². The average Bonchev–Trinajstić information content (AvgIpc) is 2.48. The van der Waals surface area contributed by atoms with Crippen molar-refractivity contribution in [3.8, 4) is 0 Å². The molecule has 5 nitrogen and oxygen atoms in total. The van der Waals surface area contributed by atoms with Crippen LogP contribution < -0.4 is 5.32 Å². The lowest BCUT2D eigenvalue weighted by atomic mass is 9.92. The van der Waals surface area contributed by atoms with E-state index in [1.165, 1.54) is 5.32 Å². The highest BCUT2D eigenvalue weighted by atomic mass is 19.2. The monoisotopic (exact) mass is 333 g/mol. The van der Waals surface area contributed by atoms with Crippen molar-refractivity contribution >= 4 is 11.9 Å². The van der Waals surface area contributed by atoms with E-state index in [4.69, 9.17) is 9.47 Å². The summed E-state index contributed by atoms with van der Waals surface area (Å²) in [5.41, 5.74) is -2.65. The minimum absolute atomic E-state index is 0.258. The molecular formula is C14H11F4NO4. The summed E-state index contributed by atoms with van der Waals surface area (Å²) in [6.07, 6.45) is 2.66. The Kier molecular flexibility index (Phi) is 3.65. The molecule has 23 heavy (non-hydrogen) atoms. The molecule has 1 aliphatic carbocycles. The summed E-state index contributed by atoms with van der Waals surface area (Å²) < 4.78 is 64.0. The molecule has 2 fully saturated rings. The molecule has 1 spiro atoms. The third-order valence-corrected chi connectivity index (χ3v) is 3.87. The van der Waals surface area contributed by atoms with E-state index in [-0.39, 0.29) is 12.8 Å². The summed E-state index contributed by atoms with van der Waals surface area (Å²) in [7, 11) is 0. The Morgan fingerprint density at radius 2 is 1.26 bits per heavy atom. The summed E-state index contributed by atoms with van der Waals surface area (Å²) in [4.78, 5) is 24.1. The molecule has 0 radical (unpaired) electrons. The maximum Gasteiger partial charge on any atom is 0.349 e. The van der Waals surface area contributed by atoms with E-state index < -0.39 is 52.4 Å². The van der Waals surface area contributed by atoms with Crippen LogP contribution in [0.5, 0.6) is 0 Å². The fourth-order valence-corrected chi connectivity index (χ4v) is 2.78. The van der Waals surface area contributed by atoms with Crippen LogP contribution >= 0.6 is 0 Å². The lowest BCUT2D eigenvalue weighted by Gasteiger charge is -2.39. The van der Waals surface area contributed by atoms with Gasteiger partial charge in [0.15, 0.2) is 17.2 Å². The van der Waals surface area contributed by atoms with Crippen molar-refractivity contribution in [2.24, 2.45) is 0 Å². The van der Waals surface area contributed by atoms with Gasteiger partial charge in [0.25, 0.3) is 5.79 Å². The largest absolute Gasteiger partial charge is 0.419 e. The molecule has 0 unspecified atom stereocenters. The molecule has 124 valence electrons. The van der Waals surface area contributed by atoms with E-state index in [0.29, 0.717) is 12.8 Å². The first-order chi connectivity index (χ1) is 10.8. The van der Waals surface area contributed by atoms with Crippen LogP contribution in [0.3, 0.4) is 0 Å². The van der Waals surface area contributed by atoms with Crippen molar-refractivity contribution in [2.45, 2.75) is 37.9 Å². The second-order valence-corrected chi connectivity index (χ2v) is 5.38. The quantitative estimate of drug-likeness (QED) is 0.243. The van der Waals surface area contributed by atoms with Crippen molar-refractivity contribution in [3.63, 3.8) is 0 Å². The highest BCUT2D eigenvalue weighted by Crippen LogP contribution is 2.41. The molecule has 2 aliphatic heterocycles. The summed E-state index contributed by atoms with van der Waals surface area (Å²) in [6.45, 7) is 0. The standard InChI is InChI=1S/C14H11F4NO4/c15-8-6(9(16)11(18)19-10(8)17)7-12(20)22-14(23-13(7)21)4-2-1-3-5-14/h19H,1-5H2. The zero-order chi connectivity index (χ0) is 16.8. The van der Waals surface area contributed by atoms with Crippen LogP contribution in [0, 0.1) is 0 Å². The van der Waals surface area contributed by atoms with Crippen molar-refractivity contribution in [1.29, 1.82) is 0 Å². The van der Waals surface area contributed by atoms with Crippen LogP contribution in [0.25, 0.3) is 0 Å². The maximum atomic E-state index is 13.8. The number of carbonyl (C=O) groups is 2. The Hall–Kier alpha value is -2.32. The molecular weight excluding hydrogens is 322 g/mol. The smallest absolute Gasteiger partial charge is 0.349 e. The van der Waals surface area contributed by atoms with Gasteiger partial charge in [-0.05, 0) is 12.8 Å². The second-order valence-electron chi connectivity index (χ2n) is 5.38. The Labute approximate surface area is 127 Å². The summed E-state index contributed by atoms with van der Waals surface area (Å²) in [6, 6.07) is 0. The molecule has 0 bridgehead atoms. The van der Waals surface area contributed by atoms with Gasteiger partial charge >= 0.3 is 11.9 Å². The fourth-order valence-electron chi connectivity index (χ4n) is 2.78. The van der Waals surface area contributed by atoms with Crippen molar-refractivity contribution in [3.05, 3.63) is 34.7 Å².